The van der Waals surface area contributed by atoms with Crippen LogP contribution in [0, 0.1) is 11.8 Å². The molecule has 2 saturated carbocycles. The van der Waals surface area contributed by atoms with Gasteiger partial charge < -0.3 is 5.32 Å². The summed E-state index contributed by atoms with van der Waals surface area (Å²) in [6, 6.07) is 8.82. The Morgan fingerprint density at radius 2 is 2.20 bits per heavy atom. The molecule has 0 aromatic heterocycles. The molecular weight excluding hydrogens is 344 g/mol. The van der Waals surface area contributed by atoms with Gasteiger partial charge in [-0.3, -0.25) is 4.99 Å². The van der Waals surface area contributed by atoms with Crippen LogP contribution in [-0.2, 0) is 0 Å². The highest BCUT2D eigenvalue weighted by atomic mass is 32.2. The van der Waals surface area contributed by atoms with Crippen molar-refractivity contribution < 1.29 is 0 Å². The summed E-state index contributed by atoms with van der Waals surface area (Å²) in [5, 5.41) is 5.80. The van der Waals surface area contributed by atoms with E-state index in [9.17, 15) is 0 Å². The number of aliphatic imine (C=N–C) groups is 1. The van der Waals surface area contributed by atoms with Gasteiger partial charge in [-0.05, 0) is 55.4 Å². The van der Waals surface area contributed by atoms with Crippen molar-refractivity contribution in [1.29, 1.82) is 0 Å². The van der Waals surface area contributed by atoms with Gasteiger partial charge >= 0.3 is 0 Å². The number of rotatable bonds is 5. The number of thioether (sulfide) groups is 2. The molecule has 1 aromatic carbocycles. The number of benzene rings is 1. The van der Waals surface area contributed by atoms with Crippen LogP contribution in [0.15, 0.2) is 34.2 Å². The molecule has 1 heterocycles. The molecule has 1 aliphatic heterocycles. The van der Waals surface area contributed by atoms with Crippen molar-refractivity contribution in [3.63, 3.8) is 0 Å². The van der Waals surface area contributed by atoms with E-state index in [-0.39, 0.29) is 0 Å². The molecule has 0 spiro atoms. The van der Waals surface area contributed by atoms with E-state index in [0.29, 0.717) is 10.8 Å². The molecule has 1 aromatic rings. The molecule has 4 rings (SSSR count). The van der Waals surface area contributed by atoms with Crippen molar-refractivity contribution in [2.45, 2.75) is 61.1 Å². The Balaban J connectivity index is 1.37. The molecule has 2 bridgehead atoms. The average molecular weight is 375 g/mol. The van der Waals surface area contributed by atoms with Crippen molar-refractivity contribution in [1.82, 2.24) is 5.32 Å². The van der Waals surface area contributed by atoms with Gasteiger partial charge in [0.25, 0.3) is 0 Å². The van der Waals surface area contributed by atoms with Crippen LogP contribution in [0.25, 0.3) is 0 Å². The second-order valence-electron chi connectivity index (χ2n) is 8.22. The summed E-state index contributed by atoms with van der Waals surface area (Å²) in [5.74, 6) is 1.84. The van der Waals surface area contributed by atoms with Gasteiger partial charge in [0, 0.05) is 17.0 Å². The Morgan fingerprint density at radius 3 is 3.08 bits per heavy atom. The Bertz CT molecular complexity index is 641. The van der Waals surface area contributed by atoms with Crippen molar-refractivity contribution in [2.75, 3.05) is 19.3 Å². The predicted octanol–water partition coefficient (Wildman–Crippen LogP) is 5.54. The van der Waals surface area contributed by atoms with E-state index in [1.807, 2.05) is 23.5 Å². The maximum Gasteiger partial charge on any atom is 0.0821 e. The minimum atomic E-state index is 0.402. The molecule has 0 amide bonds. The monoisotopic (exact) mass is 374 g/mol. The predicted molar refractivity (Wildman–Crippen MR) is 112 cm³/mol. The van der Waals surface area contributed by atoms with Gasteiger partial charge in [-0.1, -0.05) is 49.7 Å². The summed E-state index contributed by atoms with van der Waals surface area (Å²) < 4.78 is 0. The third-order valence-corrected chi connectivity index (χ3v) is 8.28. The SMILES string of the molecule is CSc1ccccc1C1CN=C(CNC23CCCC(CC(C)C2)C3)S1. The van der Waals surface area contributed by atoms with Gasteiger partial charge in [0.1, 0.15) is 0 Å². The molecule has 4 heteroatoms. The van der Waals surface area contributed by atoms with Crippen LogP contribution in [0.5, 0.6) is 0 Å². The number of hydrogen-bond acceptors (Lipinski definition) is 4. The number of nitrogens with one attached hydrogen (secondary N) is 1. The molecule has 0 radical (unpaired) electrons. The molecule has 2 nitrogen and oxygen atoms in total. The fraction of sp³-hybridized carbons (Fsp3) is 0.667. The molecule has 1 N–H and O–H groups in total. The Labute approximate surface area is 161 Å². The van der Waals surface area contributed by atoms with Crippen LogP contribution in [-0.4, -0.2) is 29.9 Å². The normalized spacial score (nSPS) is 34.8. The first kappa shape index (κ1) is 17.9. The average Bonchev–Trinajstić information content (AvgIpc) is 3.08. The van der Waals surface area contributed by atoms with Gasteiger partial charge in [-0.2, -0.15) is 0 Å². The van der Waals surface area contributed by atoms with E-state index in [1.54, 1.807) is 0 Å². The minimum Gasteiger partial charge on any atom is -0.305 e. The van der Waals surface area contributed by atoms with E-state index in [4.69, 9.17) is 4.99 Å². The lowest BCUT2D eigenvalue weighted by atomic mass is 9.64. The fourth-order valence-corrected chi connectivity index (χ4v) is 7.15. The van der Waals surface area contributed by atoms with Crippen LogP contribution in [0.4, 0.5) is 0 Å². The van der Waals surface area contributed by atoms with Crippen molar-refractivity contribution in [3.8, 4) is 0 Å². The van der Waals surface area contributed by atoms with Crippen molar-refractivity contribution >= 4 is 28.6 Å². The number of hydrogen-bond donors (Lipinski definition) is 1. The topological polar surface area (TPSA) is 24.4 Å². The molecule has 136 valence electrons. The first-order valence-corrected chi connectivity index (χ1v) is 11.9. The van der Waals surface area contributed by atoms with Gasteiger partial charge in [0.15, 0.2) is 0 Å². The van der Waals surface area contributed by atoms with Crippen LogP contribution >= 0.6 is 23.5 Å². The molecule has 4 atom stereocenters. The molecular formula is C21H30N2S2. The van der Waals surface area contributed by atoms with E-state index >= 15 is 0 Å². The minimum absolute atomic E-state index is 0.402. The second kappa shape index (κ2) is 7.66. The highest BCUT2D eigenvalue weighted by molar-refractivity contribution is 8.14. The zero-order chi connectivity index (χ0) is 17.3. The Hall–Kier alpha value is -0.450. The summed E-state index contributed by atoms with van der Waals surface area (Å²) in [7, 11) is 0. The maximum atomic E-state index is 4.88. The van der Waals surface area contributed by atoms with Gasteiger partial charge in [-0.15, -0.1) is 11.8 Å². The second-order valence-corrected chi connectivity index (χ2v) is 10.3. The van der Waals surface area contributed by atoms with E-state index in [1.165, 1.54) is 54.0 Å². The lowest BCUT2D eigenvalue weighted by molar-refractivity contribution is 0.0882. The highest BCUT2D eigenvalue weighted by Crippen LogP contribution is 2.45. The van der Waals surface area contributed by atoms with Crippen molar-refractivity contribution in [3.05, 3.63) is 29.8 Å². The van der Waals surface area contributed by atoms with E-state index in [2.05, 4.69) is 42.8 Å². The molecule has 3 aliphatic rings. The maximum absolute atomic E-state index is 4.88. The lowest BCUT2D eigenvalue weighted by Gasteiger charge is -2.48. The van der Waals surface area contributed by atoms with Gasteiger partial charge in [0.05, 0.1) is 16.8 Å². The lowest BCUT2D eigenvalue weighted by Crippen LogP contribution is -2.53. The number of nitrogens with zero attached hydrogens (tertiary/aromatic N) is 1. The molecule has 0 saturated heterocycles. The first-order valence-electron chi connectivity index (χ1n) is 9.75. The van der Waals surface area contributed by atoms with Crippen LogP contribution in [0.3, 0.4) is 0 Å². The van der Waals surface area contributed by atoms with Gasteiger partial charge in [-0.25, -0.2) is 0 Å². The van der Waals surface area contributed by atoms with Gasteiger partial charge in [0.2, 0.25) is 0 Å². The standard InChI is InChI=1S/C21H30N2S2/c1-15-10-16-6-5-9-21(11-15,12-16)23-14-20-22-13-19(25-20)17-7-3-4-8-18(17)24-2/h3-4,7-8,15-16,19,23H,5-6,9-14H2,1-2H3. The molecule has 4 unspecified atom stereocenters. The third-order valence-electron chi connectivity index (χ3n) is 6.23. The first-order chi connectivity index (χ1) is 12.2. The summed E-state index contributed by atoms with van der Waals surface area (Å²) in [6.45, 7) is 4.36. The third kappa shape index (κ3) is 3.96. The zero-order valence-corrected chi connectivity index (χ0v) is 17.1. The Kier molecular flexibility index (Phi) is 5.49. The van der Waals surface area contributed by atoms with Crippen molar-refractivity contribution in [2.24, 2.45) is 16.8 Å². The van der Waals surface area contributed by atoms with E-state index in [0.717, 1.165) is 24.9 Å². The Morgan fingerprint density at radius 1 is 1.32 bits per heavy atom. The van der Waals surface area contributed by atoms with Crippen LogP contribution in [0.1, 0.15) is 56.3 Å². The molecule has 2 aliphatic carbocycles. The van der Waals surface area contributed by atoms with Crippen LogP contribution < -0.4 is 5.32 Å². The number of fused-ring (bicyclic) bond motifs is 2. The summed E-state index contributed by atoms with van der Waals surface area (Å²) in [4.78, 5) is 6.28. The summed E-state index contributed by atoms with van der Waals surface area (Å²) >= 11 is 3.84. The summed E-state index contributed by atoms with van der Waals surface area (Å²) in [5.41, 5.74) is 1.86. The summed E-state index contributed by atoms with van der Waals surface area (Å²) in [6.07, 6.45) is 10.6. The molecule has 25 heavy (non-hydrogen) atoms. The smallest absolute Gasteiger partial charge is 0.0821 e. The molecule has 2 fully saturated rings. The largest absolute Gasteiger partial charge is 0.305 e. The quantitative estimate of drug-likeness (QED) is 0.684. The van der Waals surface area contributed by atoms with Crippen LogP contribution in [0.2, 0.25) is 0 Å². The highest BCUT2D eigenvalue weighted by Gasteiger charge is 2.41. The van der Waals surface area contributed by atoms with E-state index < -0.39 is 0 Å². The zero-order valence-electron chi connectivity index (χ0n) is 15.5. The fourth-order valence-electron chi connectivity index (χ4n) is 5.30.